The summed E-state index contributed by atoms with van der Waals surface area (Å²) in [5.41, 5.74) is 0.553. The third-order valence-corrected chi connectivity index (χ3v) is 5.92. The summed E-state index contributed by atoms with van der Waals surface area (Å²) in [6.07, 6.45) is 4.67. The highest BCUT2D eigenvalue weighted by molar-refractivity contribution is 7.89. The summed E-state index contributed by atoms with van der Waals surface area (Å²) in [5, 5.41) is 5.08. The first-order valence-electron chi connectivity index (χ1n) is 8.35. The first-order chi connectivity index (χ1) is 12.0. The fourth-order valence-electron chi connectivity index (χ4n) is 3.13. The third kappa shape index (κ3) is 2.83. The summed E-state index contributed by atoms with van der Waals surface area (Å²) in [5.74, 6) is 1.64. The summed E-state index contributed by atoms with van der Waals surface area (Å²) >= 11 is 0. The van der Waals surface area contributed by atoms with E-state index in [-0.39, 0.29) is 16.9 Å². The molecular weight excluding hydrogens is 340 g/mol. The van der Waals surface area contributed by atoms with E-state index in [9.17, 15) is 8.42 Å². The van der Waals surface area contributed by atoms with Crippen LogP contribution in [0.1, 0.15) is 50.3 Å². The van der Waals surface area contributed by atoms with Gasteiger partial charge in [-0.3, -0.25) is 0 Å². The molecule has 0 radical (unpaired) electrons. The molecule has 2 N–H and O–H groups in total. The predicted octanol–water partition coefficient (Wildman–Crippen LogP) is 2.09. The van der Waals surface area contributed by atoms with Gasteiger partial charge in [0.25, 0.3) is 0 Å². The van der Waals surface area contributed by atoms with Crippen molar-refractivity contribution in [1.29, 1.82) is 0 Å². The molecule has 0 aliphatic carbocycles. The molecule has 0 fully saturated rings. The quantitative estimate of drug-likeness (QED) is 0.741. The van der Waals surface area contributed by atoms with Crippen molar-refractivity contribution in [2.75, 3.05) is 0 Å². The molecule has 0 aromatic carbocycles. The molecule has 4 rings (SSSR count). The maximum absolute atomic E-state index is 12.9. The van der Waals surface area contributed by atoms with E-state index in [1.54, 1.807) is 18.3 Å². The van der Waals surface area contributed by atoms with Crippen LogP contribution in [0.15, 0.2) is 29.4 Å². The van der Waals surface area contributed by atoms with Crippen LogP contribution in [0.25, 0.3) is 11.0 Å². The lowest BCUT2D eigenvalue weighted by Gasteiger charge is -2.22. The largest absolute Gasteiger partial charge is 0.345 e. The second-order valence-electron chi connectivity index (χ2n) is 6.57. The molecule has 0 spiro atoms. The van der Waals surface area contributed by atoms with Gasteiger partial charge >= 0.3 is 0 Å². The zero-order valence-electron chi connectivity index (χ0n) is 14.1. The van der Waals surface area contributed by atoms with Crippen molar-refractivity contribution in [2.45, 2.75) is 50.1 Å². The van der Waals surface area contributed by atoms with Gasteiger partial charge in [0, 0.05) is 30.2 Å². The van der Waals surface area contributed by atoms with Crippen LogP contribution in [-0.2, 0) is 16.6 Å². The second kappa shape index (κ2) is 5.92. The van der Waals surface area contributed by atoms with Crippen molar-refractivity contribution in [3.63, 3.8) is 0 Å². The average Bonchev–Trinajstić information content (AvgIpc) is 3.19. The standard InChI is InChI=1S/C16H20N6O2S/c1-10(2)14-19-16-12(6-4-8-22(16)20-14)21-25(23,24)13-9-18-15-11(13)5-3-7-17-15/h3,5,7,9-10,12,21H,4,6,8H2,1-2H3,(H,17,18)/t12-/m1/s1. The molecule has 4 heterocycles. The average molecular weight is 360 g/mol. The van der Waals surface area contributed by atoms with Gasteiger partial charge in [-0.05, 0) is 25.0 Å². The Morgan fingerprint density at radius 3 is 3.04 bits per heavy atom. The minimum atomic E-state index is -3.70. The summed E-state index contributed by atoms with van der Waals surface area (Å²) in [6, 6.07) is 3.09. The molecule has 25 heavy (non-hydrogen) atoms. The number of sulfonamides is 1. The molecule has 3 aromatic heterocycles. The summed E-state index contributed by atoms with van der Waals surface area (Å²) in [7, 11) is -3.70. The highest BCUT2D eigenvalue weighted by Crippen LogP contribution is 2.28. The molecule has 0 bridgehead atoms. The molecule has 0 saturated heterocycles. The fourth-order valence-corrected chi connectivity index (χ4v) is 4.52. The van der Waals surface area contributed by atoms with Gasteiger partial charge in [0.2, 0.25) is 10.0 Å². The zero-order chi connectivity index (χ0) is 17.6. The SMILES string of the molecule is CC(C)c1nc2n(n1)CCC[C@H]2NS(=O)(=O)c1c[nH]c2ncccc12. The molecule has 1 atom stereocenters. The second-order valence-corrected chi connectivity index (χ2v) is 8.26. The van der Waals surface area contributed by atoms with Crippen molar-refractivity contribution < 1.29 is 8.42 Å². The lowest BCUT2D eigenvalue weighted by Crippen LogP contribution is -2.33. The van der Waals surface area contributed by atoms with E-state index in [0.29, 0.717) is 23.3 Å². The minimum Gasteiger partial charge on any atom is -0.345 e. The van der Waals surface area contributed by atoms with E-state index < -0.39 is 10.0 Å². The number of H-pyrrole nitrogens is 1. The Kier molecular flexibility index (Phi) is 3.84. The highest BCUT2D eigenvalue weighted by Gasteiger charge is 2.30. The van der Waals surface area contributed by atoms with E-state index in [0.717, 1.165) is 18.8 Å². The minimum absolute atomic E-state index is 0.204. The van der Waals surface area contributed by atoms with Gasteiger partial charge in [-0.1, -0.05) is 13.8 Å². The highest BCUT2D eigenvalue weighted by atomic mass is 32.2. The number of nitrogens with zero attached hydrogens (tertiary/aromatic N) is 4. The van der Waals surface area contributed by atoms with Crippen LogP contribution in [0.2, 0.25) is 0 Å². The molecule has 0 amide bonds. The Morgan fingerprint density at radius 2 is 2.24 bits per heavy atom. The van der Waals surface area contributed by atoms with Crippen LogP contribution < -0.4 is 4.72 Å². The van der Waals surface area contributed by atoms with Crippen molar-refractivity contribution >= 4 is 21.1 Å². The van der Waals surface area contributed by atoms with Crippen LogP contribution in [0.4, 0.5) is 0 Å². The number of rotatable bonds is 4. The van der Waals surface area contributed by atoms with E-state index in [4.69, 9.17) is 0 Å². The third-order valence-electron chi connectivity index (χ3n) is 4.41. The zero-order valence-corrected chi connectivity index (χ0v) is 14.9. The Morgan fingerprint density at radius 1 is 1.40 bits per heavy atom. The van der Waals surface area contributed by atoms with Crippen molar-refractivity contribution in [2.24, 2.45) is 0 Å². The maximum Gasteiger partial charge on any atom is 0.243 e. The first-order valence-corrected chi connectivity index (χ1v) is 9.83. The number of aromatic nitrogens is 5. The van der Waals surface area contributed by atoms with Gasteiger partial charge in [-0.25, -0.2) is 27.8 Å². The van der Waals surface area contributed by atoms with E-state index >= 15 is 0 Å². The topological polar surface area (TPSA) is 106 Å². The number of pyridine rings is 1. The number of aromatic amines is 1. The van der Waals surface area contributed by atoms with Gasteiger partial charge in [-0.15, -0.1) is 0 Å². The van der Waals surface area contributed by atoms with Crippen molar-refractivity contribution in [3.05, 3.63) is 36.2 Å². The fraction of sp³-hybridized carbons (Fsp3) is 0.438. The number of fused-ring (bicyclic) bond motifs is 2. The predicted molar refractivity (Wildman–Crippen MR) is 92.5 cm³/mol. The lowest BCUT2D eigenvalue weighted by molar-refractivity contribution is 0.399. The van der Waals surface area contributed by atoms with Gasteiger partial charge in [0.1, 0.15) is 16.4 Å². The Balaban J connectivity index is 1.69. The van der Waals surface area contributed by atoms with E-state index in [2.05, 4.69) is 24.8 Å². The summed E-state index contributed by atoms with van der Waals surface area (Å²) in [6.45, 7) is 4.82. The van der Waals surface area contributed by atoms with E-state index in [1.807, 2.05) is 18.5 Å². The monoisotopic (exact) mass is 360 g/mol. The molecule has 3 aromatic rings. The molecule has 0 unspecified atom stereocenters. The number of aryl methyl sites for hydroxylation is 1. The molecule has 132 valence electrons. The number of hydrogen-bond acceptors (Lipinski definition) is 5. The van der Waals surface area contributed by atoms with Gasteiger partial charge < -0.3 is 4.98 Å². The van der Waals surface area contributed by atoms with Gasteiger partial charge in [-0.2, -0.15) is 5.10 Å². The van der Waals surface area contributed by atoms with Crippen molar-refractivity contribution in [1.82, 2.24) is 29.5 Å². The molecule has 1 aliphatic rings. The van der Waals surface area contributed by atoms with Crippen LogP contribution in [0, 0.1) is 0 Å². The molecule has 9 heteroatoms. The molecule has 8 nitrogen and oxygen atoms in total. The first kappa shape index (κ1) is 16.2. The lowest BCUT2D eigenvalue weighted by atomic mass is 10.1. The van der Waals surface area contributed by atoms with Crippen LogP contribution in [0.3, 0.4) is 0 Å². The van der Waals surface area contributed by atoms with Crippen LogP contribution in [-0.4, -0.2) is 33.2 Å². The molecule has 0 saturated carbocycles. The molecular formula is C16H20N6O2S. The Hall–Kier alpha value is -2.26. The van der Waals surface area contributed by atoms with Crippen LogP contribution >= 0.6 is 0 Å². The summed E-state index contributed by atoms with van der Waals surface area (Å²) in [4.78, 5) is 11.8. The smallest absolute Gasteiger partial charge is 0.243 e. The van der Waals surface area contributed by atoms with Crippen molar-refractivity contribution in [3.8, 4) is 0 Å². The Bertz CT molecular complexity index is 1020. The van der Waals surface area contributed by atoms with Crippen LogP contribution in [0.5, 0.6) is 0 Å². The maximum atomic E-state index is 12.9. The number of hydrogen-bond donors (Lipinski definition) is 2. The number of nitrogens with one attached hydrogen (secondary N) is 2. The Labute approximate surface area is 145 Å². The van der Waals surface area contributed by atoms with Gasteiger partial charge in [0.15, 0.2) is 5.82 Å². The van der Waals surface area contributed by atoms with Gasteiger partial charge in [0.05, 0.1) is 6.04 Å². The summed E-state index contributed by atoms with van der Waals surface area (Å²) < 4.78 is 30.4. The van der Waals surface area contributed by atoms with E-state index in [1.165, 1.54) is 6.20 Å². The molecule has 1 aliphatic heterocycles. The normalized spacial score (nSPS) is 18.0.